The van der Waals surface area contributed by atoms with Crippen LogP contribution in [-0.4, -0.2) is 40.6 Å². The number of hydrogen-bond acceptors (Lipinski definition) is 6. The largest absolute Gasteiger partial charge is 0.341 e. The third-order valence-corrected chi connectivity index (χ3v) is 6.46. The lowest BCUT2D eigenvalue weighted by Crippen LogP contribution is -2.15. The number of carbonyl (C=O) groups excluding carboxylic acids is 1. The second-order valence-corrected chi connectivity index (χ2v) is 8.94. The molecule has 0 aliphatic carbocycles. The van der Waals surface area contributed by atoms with Crippen molar-refractivity contribution in [3.8, 4) is 11.4 Å². The van der Waals surface area contributed by atoms with Crippen LogP contribution in [0.3, 0.4) is 0 Å². The van der Waals surface area contributed by atoms with Crippen LogP contribution in [0, 0.1) is 0 Å². The van der Waals surface area contributed by atoms with Crippen molar-refractivity contribution in [2.24, 2.45) is 0 Å². The molecule has 3 rings (SSSR count). The minimum Gasteiger partial charge on any atom is -0.325 e. The zero-order valence-electron chi connectivity index (χ0n) is 15.8. The van der Waals surface area contributed by atoms with Gasteiger partial charge in [0.15, 0.2) is 11.0 Å². The summed E-state index contributed by atoms with van der Waals surface area (Å²) in [5, 5.41) is 11.5. The van der Waals surface area contributed by atoms with E-state index in [1.807, 2.05) is 41.8 Å². The summed E-state index contributed by atoms with van der Waals surface area (Å²) in [6, 6.07) is 14.2. The van der Waals surface area contributed by atoms with E-state index in [1.165, 1.54) is 23.9 Å². The molecule has 0 atom stereocenters. The van der Waals surface area contributed by atoms with E-state index in [4.69, 9.17) is 0 Å². The Labute approximate surface area is 176 Å². The maximum absolute atomic E-state index is 12.6. The molecule has 7 nitrogen and oxygen atoms in total. The number of amides is 1. The molecule has 3 aromatic rings. The number of nitrogens with one attached hydrogen (secondary N) is 1. The Kier molecular flexibility index (Phi) is 6.83. The molecular weight excluding hydrogens is 434 g/mol. The highest BCUT2D eigenvalue weighted by atomic mass is 32.2. The number of carbonyl (C=O) groups is 1. The molecule has 1 aromatic heterocycles. The van der Waals surface area contributed by atoms with E-state index in [0.717, 1.165) is 17.7 Å². The first kappa shape index (κ1) is 21.9. The number of benzene rings is 2. The second-order valence-electron chi connectivity index (χ2n) is 6.08. The summed E-state index contributed by atoms with van der Waals surface area (Å²) >= 11 is 1.21. The highest BCUT2D eigenvalue weighted by Gasteiger charge is 2.26. The first-order chi connectivity index (χ1) is 14.3. The van der Waals surface area contributed by atoms with Crippen LogP contribution in [0.15, 0.2) is 64.6 Å². The number of sulfone groups is 1. The molecule has 0 unspecified atom stereocenters. The molecule has 0 fully saturated rings. The fourth-order valence-electron chi connectivity index (χ4n) is 2.64. The van der Waals surface area contributed by atoms with Gasteiger partial charge in [0.1, 0.15) is 0 Å². The molecule has 0 aliphatic heterocycles. The highest BCUT2D eigenvalue weighted by molar-refractivity contribution is 7.99. The van der Waals surface area contributed by atoms with E-state index in [9.17, 15) is 22.0 Å². The quantitative estimate of drug-likeness (QED) is 0.524. The number of nitrogens with zero attached hydrogens (tertiary/aromatic N) is 3. The number of hydrogen-bond donors (Lipinski definition) is 1. The van der Waals surface area contributed by atoms with Crippen LogP contribution in [0.25, 0.3) is 11.4 Å². The number of thioether (sulfide) groups is 1. The van der Waals surface area contributed by atoms with Gasteiger partial charge in [-0.2, -0.15) is 8.78 Å². The van der Waals surface area contributed by atoms with Gasteiger partial charge < -0.3 is 9.88 Å². The standard InChI is InChI=1S/C19H18F2N4O3S2/c1-2-25-17(13-6-4-3-5-7-13)23-24-19(25)29-12-16(26)22-14-8-10-15(11-9-14)30(27,28)18(20)21/h3-11,18H,2,12H2,1H3,(H,22,26). The third-order valence-electron chi connectivity index (χ3n) is 4.10. The number of halogens is 2. The van der Waals surface area contributed by atoms with Crippen molar-refractivity contribution in [3.05, 3.63) is 54.6 Å². The molecule has 158 valence electrons. The second kappa shape index (κ2) is 9.35. The summed E-state index contributed by atoms with van der Waals surface area (Å²) in [6.45, 7) is 2.58. The van der Waals surface area contributed by atoms with Gasteiger partial charge in [0.2, 0.25) is 15.7 Å². The molecule has 0 saturated heterocycles. The summed E-state index contributed by atoms with van der Waals surface area (Å²) in [4.78, 5) is 11.7. The Balaban J connectivity index is 1.63. The van der Waals surface area contributed by atoms with Crippen molar-refractivity contribution >= 4 is 33.2 Å². The van der Waals surface area contributed by atoms with E-state index >= 15 is 0 Å². The van der Waals surface area contributed by atoms with Crippen LogP contribution in [0.1, 0.15) is 6.92 Å². The summed E-state index contributed by atoms with van der Waals surface area (Å²) in [7, 11) is -4.66. The van der Waals surface area contributed by atoms with E-state index in [0.29, 0.717) is 23.2 Å². The van der Waals surface area contributed by atoms with Gasteiger partial charge in [-0.3, -0.25) is 4.79 Å². The zero-order valence-corrected chi connectivity index (χ0v) is 17.5. The fourth-order valence-corrected chi connectivity index (χ4v) is 4.16. The number of alkyl halides is 2. The Hall–Kier alpha value is -2.79. The van der Waals surface area contributed by atoms with Crippen LogP contribution >= 0.6 is 11.8 Å². The van der Waals surface area contributed by atoms with Gasteiger partial charge in [-0.25, -0.2) is 8.42 Å². The van der Waals surface area contributed by atoms with Crippen LogP contribution in [-0.2, 0) is 21.2 Å². The molecule has 1 amide bonds. The molecule has 0 aliphatic rings. The number of aromatic nitrogens is 3. The molecule has 0 saturated carbocycles. The van der Waals surface area contributed by atoms with E-state index in [1.54, 1.807) is 0 Å². The first-order valence-electron chi connectivity index (χ1n) is 8.86. The smallest absolute Gasteiger partial charge is 0.325 e. The summed E-state index contributed by atoms with van der Waals surface area (Å²) < 4.78 is 49.9. The number of anilines is 1. The maximum atomic E-state index is 12.6. The average molecular weight is 453 g/mol. The minimum atomic E-state index is -4.66. The zero-order chi connectivity index (χ0) is 21.7. The lowest BCUT2D eigenvalue weighted by atomic mass is 10.2. The molecule has 0 bridgehead atoms. The maximum Gasteiger partial charge on any atom is 0.341 e. The van der Waals surface area contributed by atoms with E-state index < -0.39 is 20.5 Å². The predicted molar refractivity (Wildman–Crippen MR) is 110 cm³/mol. The Morgan fingerprint density at radius 2 is 1.77 bits per heavy atom. The summed E-state index contributed by atoms with van der Waals surface area (Å²) in [5.74, 6) is -3.09. The molecule has 1 heterocycles. The van der Waals surface area contributed by atoms with Crippen LogP contribution in [0.5, 0.6) is 0 Å². The molecule has 0 radical (unpaired) electrons. The van der Waals surface area contributed by atoms with E-state index in [-0.39, 0.29) is 11.7 Å². The summed E-state index contributed by atoms with van der Waals surface area (Å²) in [5.41, 5.74) is 1.22. The van der Waals surface area contributed by atoms with Crippen molar-refractivity contribution in [2.45, 2.75) is 29.3 Å². The lowest BCUT2D eigenvalue weighted by Gasteiger charge is -2.08. The van der Waals surface area contributed by atoms with Crippen molar-refractivity contribution in [3.63, 3.8) is 0 Å². The Morgan fingerprint density at radius 1 is 1.10 bits per heavy atom. The Bertz CT molecular complexity index is 1120. The van der Waals surface area contributed by atoms with Crippen LogP contribution < -0.4 is 5.32 Å². The normalized spacial score (nSPS) is 11.6. The Morgan fingerprint density at radius 3 is 2.37 bits per heavy atom. The van der Waals surface area contributed by atoms with Gasteiger partial charge in [-0.05, 0) is 31.2 Å². The number of rotatable bonds is 8. The van der Waals surface area contributed by atoms with Crippen molar-refractivity contribution in [1.29, 1.82) is 0 Å². The van der Waals surface area contributed by atoms with Crippen molar-refractivity contribution in [1.82, 2.24) is 14.8 Å². The molecule has 11 heteroatoms. The van der Waals surface area contributed by atoms with Gasteiger partial charge >= 0.3 is 5.76 Å². The highest BCUT2D eigenvalue weighted by Crippen LogP contribution is 2.24. The molecule has 0 spiro atoms. The van der Waals surface area contributed by atoms with Crippen molar-refractivity contribution < 1.29 is 22.0 Å². The van der Waals surface area contributed by atoms with Crippen LogP contribution in [0.2, 0.25) is 0 Å². The van der Waals surface area contributed by atoms with Crippen LogP contribution in [0.4, 0.5) is 14.5 Å². The predicted octanol–water partition coefficient (Wildman–Crippen LogP) is 3.69. The molecular formula is C19H18F2N4O3S2. The van der Waals surface area contributed by atoms with E-state index in [2.05, 4.69) is 15.5 Å². The van der Waals surface area contributed by atoms with Gasteiger partial charge in [-0.1, -0.05) is 42.1 Å². The van der Waals surface area contributed by atoms with Crippen molar-refractivity contribution in [2.75, 3.05) is 11.1 Å². The third kappa shape index (κ3) is 4.85. The first-order valence-corrected chi connectivity index (χ1v) is 11.4. The summed E-state index contributed by atoms with van der Waals surface area (Å²) in [6.07, 6.45) is 0. The monoisotopic (exact) mass is 452 g/mol. The average Bonchev–Trinajstić information content (AvgIpc) is 3.16. The fraction of sp³-hybridized carbons (Fsp3) is 0.211. The van der Waals surface area contributed by atoms with Gasteiger partial charge in [0.25, 0.3) is 0 Å². The SMILES string of the molecule is CCn1c(SCC(=O)Nc2ccc(S(=O)(=O)C(F)F)cc2)nnc1-c1ccccc1. The molecule has 30 heavy (non-hydrogen) atoms. The van der Waals surface area contributed by atoms with Gasteiger partial charge in [0, 0.05) is 17.8 Å². The molecule has 2 aromatic carbocycles. The van der Waals surface area contributed by atoms with Gasteiger partial charge in [-0.15, -0.1) is 10.2 Å². The topological polar surface area (TPSA) is 94.0 Å². The van der Waals surface area contributed by atoms with Gasteiger partial charge in [0.05, 0.1) is 10.6 Å². The lowest BCUT2D eigenvalue weighted by molar-refractivity contribution is -0.113. The molecule has 1 N–H and O–H groups in total. The minimum absolute atomic E-state index is 0.0456.